The Morgan fingerprint density at radius 3 is 2.26 bits per heavy atom. The van der Waals surface area contributed by atoms with Crippen LogP contribution in [0.5, 0.6) is 0 Å². The molecule has 0 saturated carbocycles. The number of ketones is 1. The molecule has 1 aromatic carbocycles. The van der Waals surface area contributed by atoms with Crippen LogP contribution in [-0.2, 0) is 30.4 Å². The van der Waals surface area contributed by atoms with Gasteiger partial charge in [0.05, 0.1) is 12.6 Å². The van der Waals surface area contributed by atoms with E-state index in [2.05, 4.69) is 26.3 Å². The third kappa shape index (κ3) is 10.4. The molecule has 0 bridgehead atoms. The predicted octanol–water partition coefficient (Wildman–Crippen LogP) is -0.492. The van der Waals surface area contributed by atoms with Crippen molar-refractivity contribution in [2.45, 2.75) is 71.0 Å². The van der Waals surface area contributed by atoms with Crippen LogP contribution < -0.4 is 32.7 Å². The lowest BCUT2D eigenvalue weighted by atomic mass is 9.90. The fraction of sp³-hybridized carbons (Fsp3) is 0.556. The number of hydrogen-bond donors (Lipinski definition) is 6. The second-order valence-electron chi connectivity index (χ2n) is 10.0. The summed E-state index contributed by atoms with van der Waals surface area (Å²) in [5, 5.41) is 10.7. The molecule has 1 heterocycles. The highest BCUT2D eigenvalue weighted by molar-refractivity contribution is 5.97. The van der Waals surface area contributed by atoms with E-state index < -0.39 is 47.7 Å². The van der Waals surface area contributed by atoms with Crippen LogP contribution in [0, 0.1) is 11.8 Å². The van der Waals surface area contributed by atoms with Crippen molar-refractivity contribution in [3.63, 3.8) is 0 Å². The van der Waals surface area contributed by atoms with Gasteiger partial charge in [0.15, 0.2) is 11.7 Å². The Morgan fingerprint density at radius 2 is 1.64 bits per heavy atom. The molecule has 8 N–H and O–H groups in total. The molecule has 1 aliphatic rings. The van der Waals surface area contributed by atoms with Gasteiger partial charge in [-0.25, -0.2) is 0 Å². The Morgan fingerprint density at radius 1 is 0.949 bits per heavy atom. The quantitative estimate of drug-likeness (QED) is 0.144. The molecule has 0 unspecified atom stereocenters. The molecule has 0 aromatic heterocycles. The summed E-state index contributed by atoms with van der Waals surface area (Å²) in [5.74, 6) is -3.58. The largest absolute Gasteiger partial charge is 0.370 e. The molecule has 12 heteroatoms. The van der Waals surface area contributed by atoms with Crippen molar-refractivity contribution in [1.82, 2.24) is 21.3 Å². The summed E-state index contributed by atoms with van der Waals surface area (Å²) in [4.78, 5) is 69.4. The van der Waals surface area contributed by atoms with Crippen molar-refractivity contribution in [3.05, 3.63) is 35.9 Å². The second-order valence-corrected chi connectivity index (χ2v) is 10.0. The molecule has 0 radical (unpaired) electrons. The number of carbonyl (C=O) groups is 5. The van der Waals surface area contributed by atoms with E-state index in [1.165, 1.54) is 0 Å². The molecule has 4 atom stereocenters. The summed E-state index contributed by atoms with van der Waals surface area (Å²) in [6.07, 6.45) is 1.06. The minimum absolute atomic E-state index is 0.0881. The highest BCUT2D eigenvalue weighted by Crippen LogP contribution is 2.17. The van der Waals surface area contributed by atoms with Crippen molar-refractivity contribution in [1.29, 1.82) is 0 Å². The van der Waals surface area contributed by atoms with Crippen LogP contribution in [0.4, 0.5) is 0 Å². The number of aliphatic imine (C=N–C) groups is 1. The van der Waals surface area contributed by atoms with Gasteiger partial charge in [0, 0.05) is 18.9 Å². The zero-order valence-electron chi connectivity index (χ0n) is 22.9. The molecule has 1 aliphatic heterocycles. The first-order valence-electron chi connectivity index (χ1n) is 13.3. The predicted molar refractivity (Wildman–Crippen MR) is 147 cm³/mol. The summed E-state index contributed by atoms with van der Waals surface area (Å²) in [6.45, 7) is 5.18. The van der Waals surface area contributed by atoms with Crippen molar-refractivity contribution < 1.29 is 24.0 Å². The van der Waals surface area contributed by atoms with Crippen LogP contribution in [0.1, 0.15) is 52.0 Å². The first-order valence-corrected chi connectivity index (χ1v) is 13.3. The smallest absolute Gasteiger partial charge is 0.243 e. The second kappa shape index (κ2) is 15.5. The maximum atomic E-state index is 13.5. The Balaban J connectivity index is 2.37. The van der Waals surface area contributed by atoms with Gasteiger partial charge < -0.3 is 32.7 Å². The zero-order chi connectivity index (χ0) is 28.9. The summed E-state index contributed by atoms with van der Waals surface area (Å²) in [5.41, 5.74) is 11.6. The van der Waals surface area contributed by atoms with Gasteiger partial charge >= 0.3 is 0 Å². The number of nitrogens with two attached hydrogens (primary N) is 2. The lowest BCUT2D eigenvalue weighted by molar-refractivity contribution is -0.135. The zero-order valence-corrected chi connectivity index (χ0v) is 22.9. The van der Waals surface area contributed by atoms with Crippen molar-refractivity contribution in [2.75, 3.05) is 13.1 Å². The van der Waals surface area contributed by atoms with Crippen LogP contribution in [0.3, 0.4) is 0 Å². The van der Waals surface area contributed by atoms with Crippen LogP contribution in [0.15, 0.2) is 35.3 Å². The van der Waals surface area contributed by atoms with Gasteiger partial charge in [0.2, 0.25) is 23.6 Å². The van der Waals surface area contributed by atoms with Gasteiger partial charge in [0.1, 0.15) is 12.1 Å². The van der Waals surface area contributed by atoms with Gasteiger partial charge in [-0.05, 0) is 37.2 Å². The third-order valence-corrected chi connectivity index (χ3v) is 6.52. The van der Waals surface area contributed by atoms with Crippen LogP contribution in [0.2, 0.25) is 0 Å². The summed E-state index contributed by atoms with van der Waals surface area (Å²) in [7, 11) is 0. The fourth-order valence-corrected chi connectivity index (χ4v) is 4.33. The normalized spacial score (nSPS) is 23.5. The lowest BCUT2D eigenvalue weighted by Crippen LogP contribution is -2.56. The molecule has 0 spiro atoms. The van der Waals surface area contributed by atoms with Crippen molar-refractivity contribution in [2.24, 2.45) is 28.3 Å². The standard InChI is InChI=1S/C27H41N7O5/c1-4-19-21(35)14-18(13-17-9-6-5-7-10-17)24(37)34-23(16(2)3)26(39)33-20(11-8-12-30-27(28)29)25(38)31-15-22(36)32-19/h5-7,9-10,16,18-20,23H,4,8,11-15H2,1-3H3,(H,31,38)(H,32,36)(H,33,39)(H,34,37)(H4,28,29,30)/t18-,19+,20+,23-/m1/s1. The molecule has 1 fully saturated rings. The first kappa shape index (κ1) is 31.3. The van der Waals surface area contributed by atoms with E-state index in [0.29, 0.717) is 12.8 Å². The molecule has 12 nitrogen and oxygen atoms in total. The average molecular weight is 544 g/mol. The Kier molecular flexibility index (Phi) is 12.4. The van der Waals surface area contributed by atoms with E-state index in [4.69, 9.17) is 11.5 Å². The first-order chi connectivity index (χ1) is 18.5. The van der Waals surface area contributed by atoms with E-state index in [1.807, 2.05) is 30.3 Å². The SMILES string of the molecule is CC[C@@H]1NC(=O)CNC(=O)[C@H](CCCN=C(N)N)NC(=O)[C@@H](C(C)C)NC(=O)[C@H](Cc2ccccc2)CC1=O. The average Bonchev–Trinajstić information content (AvgIpc) is 2.89. The van der Waals surface area contributed by atoms with E-state index in [0.717, 1.165) is 5.56 Å². The van der Waals surface area contributed by atoms with E-state index in [-0.39, 0.29) is 50.0 Å². The maximum absolute atomic E-state index is 13.5. The molecule has 1 aromatic rings. The lowest BCUT2D eigenvalue weighted by Gasteiger charge is -2.27. The van der Waals surface area contributed by atoms with Gasteiger partial charge in [-0.2, -0.15) is 0 Å². The molecule has 39 heavy (non-hydrogen) atoms. The Labute approximate surface area is 229 Å². The van der Waals surface area contributed by atoms with Gasteiger partial charge in [-0.1, -0.05) is 51.1 Å². The minimum Gasteiger partial charge on any atom is -0.370 e. The highest BCUT2D eigenvalue weighted by Gasteiger charge is 2.33. The monoisotopic (exact) mass is 543 g/mol. The topological polar surface area (TPSA) is 198 Å². The number of amides is 4. The fourth-order valence-electron chi connectivity index (χ4n) is 4.33. The van der Waals surface area contributed by atoms with Crippen LogP contribution >= 0.6 is 0 Å². The maximum Gasteiger partial charge on any atom is 0.243 e. The van der Waals surface area contributed by atoms with Crippen molar-refractivity contribution in [3.8, 4) is 0 Å². The molecule has 214 valence electrons. The number of Topliss-reactive ketones (excluding diaryl/α,β-unsaturated/α-hetero) is 1. The number of carbonyl (C=O) groups excluding carboxylic acids is 5. The number of rotatable bonds is 8. The number of benzene rings is 1. The molecular weight excluding hydrogens is 502 g/mol. The Bertz CT molecular complexity index is 1040. The van der Waals surface area contributed by atoms with Gasteiger partial charge in [-0.15, -0.1) is 0 Å². The van der Waals surface area contributed by atoms with E-state index in [1.54, 1.807) is 20.8 Å². The molecule has 1 saturated heterocycles. The summed E-state index contributed by atoms with van der Waals surface area (Å²) in [6, 6.07) is 6.51. The van der Waals surface area contributed by atoms with Gasteiger partial charge in [-0.3, -0.25) is 29.0 Å². The highest BCUT2D eigenvalue weighted by atomic mass is 16.2. The minimum atomic E-state index is -0.994. The summed E-state index contributed by atoms with van der Waals surface area (Å²) >= 11 is 0. The van der Waals surface area contributed by atoms with Crippen LogP contribution in [0.25, 0.3) is 0 Å². The third-order valence-electron chi connectivity index (χ3n) is 6.52. The number of nitrogens with zero attached hydrogens (tertiary/aromatic N) is 1. The number of nitrogens with one attached hydrogen (secondary N) is 4. The number of guanidine groups is 1. The van der Waals surface area contributed by atoms with E-state index in [9.17, 15) is 24.0 Å². The molecular formula is C27H41N7O5. The van der Waals surface area contributed by atoms with Gasteiger partial charge in [0.25, 0.3) is 0 Å². The Hall–Kier alpha value is -3.96. The molecule has 2 rings (SSSR count). The molecule has 4 amide bonds. The summed E-state index contributed by atoms with van der Waals surface area (Å²) < 4.78 is 0. The van der Waals surface area contributed by atoms with E-state index >= 15 is 0 Å². The number of hydrogen-bond acceptors (Lipinski definition) is 6. The van der Waals surface area contributed by atoms with Crippen LogP contribution in [-0.4, -0.2) is 66.6 Å². The van der Waals surface area contributed by atoms with Crippen molar-refractivity contribution >= 4 is 35.4 Å². The molecule has 0 aliphatic carbocycles.